The zero-order valence-electron chi connectivity index (χ0n) is 41.4. The molecule has 6 nitrogen and oxygen atoms in total. The van der Waals surface area contributed by atoms with Crippen molar-refractivity contribution >= 4 is 63.2 Å². The van der Waals surface area contributed by atoms with E-state index in [0.29, 0.717) is 5.56 Å². The first-order valence-corrected chi connectivity index (χ1v) is 25.1. The summed E-state index contributed by atoms with van der Waals surface area (Å²) in [6.07, 6.45) is 1.39. The summed E-state index contributed by atoms with van der Waals surface area (Å²) in [5.41, 5.74) is 18.1. The van der Waals surface area contributed by atoms with Gasteiger partial charge in [-0.1, -0.05) is 182 Å². The lowest BCUT2D eigenvalue weighted by Crippen LogP contribution is -2.13. The van der Waals surface area contributed by atoms with E-state index in [2.05, 4.69) is 257 Å². The molecular formula is C70H50N4O2. The highest BCUT2D eigenvalue weighted by Gasteiger charge is 2.19. The zero-order valence-corrected chi connectivity index (χ0v) is 41.4. The van der Waals surface area contributed by atoms with E-state index in [1.165, 1.54) is 6.08 Å². The quantitative estimate of drug-likeness (QED) is 0.0815. The predicted octanol–water partition coefficient (Wildman–Crippen LogP) is 18.8. The largest absolute Gasteiger partial charge is 0.477 e. The first-order valence-electron chi connectivity index (χ1n) is 25.1. The van der Waals surface area contributed by atoms with Crippen LogP contribution >= 0.6 is 0 Å². The Morgan fingerprint density at radius 3 is 0.671 bits per heavy atom. The Kier molecular flexibility index (Phi) is 13.9. The van der Waals surface area contributed by atoms with Gasteiger partial charge in [0.25, 0.3) is 0 Å². The summed E-state index contributed by atoms with van der Waals surface area (Å²) in [6.45, 7) is 0. The van der Waals surface area contributed by atoms with Crippen LogP contribution in [0.1, 0.15) is 5.56 Å². The monoisotopic (exact) mass is 978 g/mol. The Balaban J connectivity index is 0.978. The maximum Gasteiger partial charge on any atom is 0.346 e. The summed E-state index contributed by atoms with van der Waals surface area (Å²) in [6, 6.07) is 103. The fourth-order valence-corrected chi connectivity index (χ4v) is 9.61. The van der Waals surface area contributed by atoms with Crippen molar-refractivity contribution < 1.29 is 9.90 Å². The number of aliphatic carboxylic acids is 1. The predicted molar refractivity (Wildman–Crippen MR) is 313 cm³/mol. The number of anilines is 9. The van der Waals surface area contributed by atoms with Crippen molar-refractivity contribution in [1.29, 1.82) is 5.26 Å². The van der Waals surface area contributed by atoms with Crippen LogP contribution in [0.4, 0.5) is 51.2 Å². The number of nitrogens with zero attached hydrogens (tertiary/aromatic N) is 4. The number of carbonyl (C=O) groups is 1. The van der Waals surface area contributed by atoms with Crippen molar-refractivity contribution in [3.8, 4) is 50.6 Å². The molecule has 0 aliphatic heterocycles. The third-order valence-electron chi connectivity index (χ3n) is 13.5. The second kappa shape index (κ2) is 22.1. The molecule has 0 saturated heterocycles. The molecule has 0 amide bonds. The average Bonchev–Trinajstić information content (AvgIpc) is 3.50. The van der Waals surface area contributed by atoms with Crippen LogP contribution in [0.25, 0.3) is 50.6 Å². The van der Waals surface area contributed by atoms with Crippen LogP contribution in [0.15, 0.2) is 297 Å². The van der Waals surface area contributed by atoms with Crippen molar-refractivity contribution in [2.75, 3.05) is 14.7 Å². The SMILES string of the molecule is N#C/C(=C\c1ccc(N(c2ccc(N(c3ccc(-c4ccccc4)cc3)c3ccc(-c4ccccc4)cc3)cc2)c2ccc(N(c3ccc(-c4ccccc4)cc3)c3ccc(-c4ccccc4)cc3)cc2)cc1)C(=O)O. The van der Waals surface area contributed by atoms with Gasteiger partial charge in [-0.15, -0.1) is 0 Å². The van der Waals surface area contributed by atoms with Gasteiger partial charge in [0, 0.05) is 51.2 Å². The van der Waals surface area contributed by atoms with Crippen molar-refractivity contribution in [1.82, 2.24) is 0 Å². The fraction of sp³-hybridized carbons (Fsp3) is 0. The molecule has 0 radical (unpaired) electrons. The number of hydrogen-bond donors (Lipinski definition) is 1. The van der Waals surface area contributed by atoms with E-state index in [9.17, 15) is 15.2 Å². The summed E-state index contributed by atoms with van der Waals surface area (Å²) in [4.78, 5) is 18.5. The highest BCUT2D eigenvalue weighted by Crippen LogP contribution is 2.43. The number of benzene rings is 11. The van der Waals surface area contributed by atoms with Gasteiger partial charge >= 0.3 is 5.97 Å². The third-order valence-corrected chi connectivity index (χ3v) is 13.5. The molecule has 0 spiro atoms. The molecule has 76 heavy (non-hydrogen) atoms. The van der Waals surface area contributed by atoms with Gasteiger partial charge in [0.05, 0.1) is 0 Å². The molecule has 0 aromatic heterocycles. The third kappa shape index (κ3) is 10.5. The molecule has 11 aromatic carbocycles. The van der Waals surface area contributed by atoms with Crippen LogP contribution in [0, 0.1) is 11.3 Å². The number of nitriles is 1. The lowest BCUT2D eigenvalue weighted by atomic mass is 10.0. The number of carboxylic acids is 1. The molecule has 11 rings (SSSR count). The van der Waals surface area contributed by atoms with E-state index in [1.807, 2.05) is 48.5 Å². The van der Waals surface area contributed by atoms with E-state index in [1.54, 1.807) is 6.07 Å². The lowest BCUT2D eigenvalue weighted by molar-refractivity contribution is -0.132. The molecule has 0 aliphatic carbocycles. The van der Waals surface area contributed by atoms with Crippen molar-refractivity contribution in [3.05, 3.63) is 302 Å². The van der Waals surface area contributed by atoms with Gasteiger partial charge in [-0.25, -0.2) is 4.79 Å². The zero-order chi connectivity index (χ0) is 51.6. The average molecular weight is 979 g/mol. The lowest BCUT2D eigenvalue weighted by Gasteiger charge is -2.30. The highest BCUT2D eigenvalue weighted by atomic mass is 16.4. The van der Waals surface area contributed by atoms with Gasteiger partial charge in [0.1, 0.15) is 11.6 Å². The van der Waals surface area contributed by atoms with E-state index < -0.39 is 5.97 Å². The maximum atomic E-state index is 11.8. The van der Waals surface area contributed by atoms with Crippen LogP contribution < -0.4 is 14.7 Å². The highest BCUT2D eigenvalue weighted by molar-refractivity contribution is 5.96. The van der Waals surface area contributed by atoms with Crippen LogP contribution in [-0.4, -0.2) is 11.1 Å². The van der Waals surface area contributed by atoms with E-state index in [0.717, 1.165) is 95.7 Å². The minimum Gasteiger partial charge on any atom is -0.477 e. The van der Waals surface area contributed by atoms with Crippen LogP contribution in [0.5, 0.6) is 0 Å². The van der Waals surface area contributed by atoms with Crippen LogP contribution in [0.3, 0.4) is 0 Å². The molecule has 11 aromatic rings. The molecule has 0 saturated carbocycles. The summed E-state index contributed by atoms with van der Waals surface area (Å²) in [7, 11) is 0. The van der Waals surface area contributed by atoms with Gasteiger partial charge < -0.3 is 19.8 Å². The molecule has 0 atom stereocenters. The number of hydrogen-bond acceptors (Lipinski definition) is 5. The molecular weight excluding hydrogens is 929 g/mol. The summed E-state index contributed by atoms with van der Waals surface area (Å²) < 4.78 is 0. The summed E-state index contributed by atoms with van der Waals surface area (Å²) in [5, 5.41) is 19.2. The first-order chi connectivity index (χ1) is 37.5. The van der Waals surface area contributed by atoms with Crippen molar-refractivity contribution in [2.24, 2.45) is 0 Å². The molecule has 0 unspecified atom stereocenters. The van der Waals surface area contributed by atoms with Gasteiger partial charge in [-0.3, -0.25) is 0 Å². The second-order valence-electron chi connectivity index (χ2n) is 18.3. The Morgan fingerprint density at radius 1 is 0.289 bits per heavy atom. The van der Waals surface area contributed by atoms with E-state index in [-0.39, 0.29) is 5.57 Å². The standard InChI is InChI=1S/C70H50N4O2/c71-50-60(70(75)76)49-51-21-31-61(32-22-51)72(66-41-45-68(46-42-66)73(62-33-23-56(24-34-62)52-13-5-1-6-14-52)63-35-25-57(26-36-63)53-15-7-2-8-16-53)67-43-47-69(48-44-67)74(64-37-27-58(28-38-64)54-17-9-3-10-18-54)65-39-29-59(30-40-65)55-19-11-4-12-20-55/h1-49H,(H,75,76)/b60-49+. The Hall–Kier alpha value is -10.5. The molecule has 0 heterocycles. The fourth-order valence-electron chi connectivity index (χ4n) is 9.61. The maximum absolute atomic E-state index is 11.8. The van der Waals surface area contributed by atoms with Gasteiger partial charge in [0.15, 0.2) is 0 Å². The summed E-state index contributed by atoms with van der Waals surface area (Å²) in [5.74, 6) is -1.27. The smallest absolute Gasteiger partial charge is 0.346 e. The van der Waals surface area contributed by atoms with E-state index >= 15 is 0 Å². The summed E-state index contributed by atoms with van der Waals surface area (Å²) >= 11 is 0. The topological polar surface area (TPSA) is 70.8 Å². The molecule has 6 heteroatoms. The minimum atomic E-state index is -1.27. The molecule has 0 fully saturated rings. The molecule has 0 aliphatic rings. The number of carboxylic acid groups (broad SMARTS) is 1. The normalized spacial score (nSPS) is 11.1. The van der Waals surface area contributed by atoms with Crippen LogP contribution in [-0.2, 0) is 4.79 Å². The second-order valence-corrected chi connectivity index (χ2v) is 18.3. The molecule has 0 bridgehead atoms. The van der Waals surface area contributed by atoms with Gasteiger partial charge in [-0.05, 0) is 165 Å². The van der Waals surface area contributed by atoms with Crippen molar-refractivity contribution in [2.45, 2.75) is 0 Å². The Morgan fingerprint density at radius 2 is 0.474 bits per heavy atom. The number of rotatable bonds is 15. The Labute approximate surface area is 443 Å². The Bertz CT molecular complexity index is 3390. The minimum absolute atomic E-state index is 0.335. The van der Waals surface area contributed by atoms with Gasteiger partial charge in [-0.2, -0.15) is 5.26 Å². The van der Waals surface area contributed by atoms with Crippen molar-refractivity contribution in [3.63, 3.8) is 0 Å². The van der Waals surface area contributed by atoms with E-state index in [4.69, 9.17) is 0 Å². The molecule has 362 valence electrons. The van der Waals surface area contributed by atoms with Gasteiger partial charge in [0.2, 0.25) is 0 Å². The van der Waals surface area contributed by atoms with Crippen LogP contribution in [0.2, 0.25) is 0 Å². The first kappa shape index (κ1) is 47.8. The molecule has 1 N–H and O–H groups in total.